The Hall–Kier alpha value is -3.02. The molecule has 6 nitrogen and oxygen atoms in total. The van der Waals surface area contributed by atoms with Crippen LogP contribution in [0.15, 0.2) is 53.5 Å². The van der Waals surface area contributed by atoms with Crippen molar-refractivity contribution >= 4 is 17.6 Å². The van der Waals surface area contributed by atoms with Crippen LogP contribution in [0.25, 0.3) is 0 Å². The first-order valence-corrected chi connectivity index (χ1v) is 9.51. The van der Waals surface area contributed by atoms with E-state index < -0.39 is 0 Å². The van der Waals surface area contributed by atoms with Crippen LogP contribution in [-0.4, -0.2) is 38.1 Å². The van der Waals surface area contributed by atoms with Gasteiger partial charge < -0.3 is 20.7 Å². The molecule has 6 heteroatoms. The molecule has 2 aromatic carbocycles. The highest BCUT2D eigenvalue weighted by Crippen LogP contribution is 2.17. The normalized spacial score (nSPS) is 12.2. The van der Waals surface area contributed by atoms with Gasteiger partial charge in [-0.05, 0) is 49.6 Å². The summed E-state index contributed by atoms with van der Waals surface area (Å²) in [6.07, 6.45) is 0.872. The first kappa shape index (κ1) is 21.3. The lowest BCUT2D eigenvalue weighted by molar-refractivity contribution is -0.114. The van der Waals surface area contributed by atoms with Crippen LogP contribution in [0.5, 0.6) is 5.75 Å². The van der Waals surface area contributed by atoms with E-state index in [0.717, 1.165) is 35.9 Å². The molecule has 0 spiro atoms. The number of nitrogens with one attached hydrogen (secondary N) is 3. The predicted octanol–water partition coefficient (Wildman–Crippen LogP) is 3.13. The molecular formula is C22H30N4O2. The number of carbonyl (C=O) groups is 1. The molecule has 2 rings (SSSR count). The van der Waals surface area contributed by atoms with Crippen LogP contribution in [-0.2, 0) is 11.2 Å². The molecule has 2 aromatic rings. The molecule has 0 saturated heterocycles. The number of amides is 1. The zero-order chi connectivity index (χ0) is 20.4. The number of para-hydroxylation sites is 1. The van der Waals surface area contributed by atoms with E-state index in [4.69, 9.17) is 4.74 Å². The number of hydrogen-bond donors (Lipinski definition) is 3. The Labute approximate surface area is 167 Å². The van der Waals surface area contributed by atoms with Crippen molar-refractivity contribution in [3.63, 3.8) is 0 Å². The summed E-state index contributed by atoms with van der Waals surface area (Å²) in [5.74, 6) is 1.59. The van der Waals surface area contributed by atoms with Crippen molar-refractivity contribution in [2.75, 3.05) is 25.5 Å². The van der Waals surface area contributed by atoms with Gasteiger partial charge in [0, 0.05) is 26.2 Å². The van der Waals surface area contributed by atoms with E-state index in [0.29, 0.717) is 6.54 Å². The number of rotatable bonds is 8. The predicted molar refractivity (Wildman–Crippen MR) is 115 cm³/mol. The highest BCUT2D eigenvalue weighted by Gasteiger charge is 2.07. The first-order valence-electron chi connectivity index (χ1n) is 9.51. The number of nitrogens with zero attached hydrogens (tertiary/aromatic N) is 1. The maximum atomic E-state index is 11.1. The van der Waals surface area contributed by atoms with Crippen LogP contribution in [0.4, 0.5) is 5.69 Å². The second kappa shape index (κ2) is 11.0. The zero-order valence-corrected chi connectivity index (χ0v) is 17.1. The summed E-state index contributed by atoms with van der Waals surface area (Å²) in [7, 11) is 1.75. The van der Waals surface area contributed by atoms with Gasteiger partial charge in [-0.2, -0.15) is 0 Å². The lowest BCUT2D eigenvalue weighted by Gasteiger charge is -2.18. The summed E-state index contributed by atoms with van der Waals surface area (Å²) in [6.45, 7) is 6.98. The third-order valence-corrected chi connectivity index (χ3v) is 4.18. The third-order valence-electron chi connectivity index (χ3n) is 4.18. The Bertz CT molecular complexity index is 787. The molecule has 1 atom stereocenters. The summed E-state index contributed by atoms with van der Waals surface area (Å²) in [4.78, 5) is 15.3. The number of carbonyl (C=O) groups excluding carboxylic acids is 1. The molecule has 0 aromatic heterocycles. The van der Waals surface area contributed by atoms with Crippen molar-refractivity contribution in [3.8, 4) is 5.75 Å². The van der Waals surface area contributed by atoms with Crippen LogP contribution in [0.1, 0.15) is 25.0 Å². The topological polar surface area (TPSA) is 74.8 Å². The van der Waals surface area contributed by atoms with E-state index in [1.807, 2.05) is 62.4 Å². The molecule has 0 aliphatic rings. The molecule has 0 saturated carbocycles. The van der Waals surface area contributed by atoms with Gasteiger partial charge in [0.1, 0.15) is 11.9 Å². The van der Waals surface area contributed by atoms with E-state index in [9.17, 15) is 4.79 Å². The molecule has 0 fully saturated rings. The highest BCUT2D eigenvalue weighted by molar-refractivity contribution is 5.88. The van der Waals surface area contributed by atoms with Gasteiger partial charge >= 0.3 is 0 Å². The maximum Gasteiger partial charge on any atom is 0.221 e. The summed E-state index contributed by atoms with van der Waals surface area (Å²) >= 11 is 0. The number of anilines is 1. The third kappa shape index (κ3) is 7.31. The van der Waals surface area contributed by atoms with Gasteiger partial charge in [0.2, 0.25) is 5.91 Å². The molecule has 0 aliphatic carbocycles. The molecule has 3 N–H and O–H groups in total. The van der Waals surface area contributed by atoms with Gasteiger partial charge in [-0.25, -0.2) is 0 Å². The average Bonchev–Trinajstić information content (AvgIpc) is 2.67. The number of aryl methyl sites for hydroxylation is 1. The Morgan fingerprint density at radius 1 is 1.11 bits per heavy atom. The number of hydrogen-bond acceptors (Lipinski definition) is 3. The van der Waals surface area contributed by atoms with E-state index >= 15 is 0 Å². The summed E-state index contributed by atoms with van der Waals surface area (Å²) < 4.78 is 5.98. The van der Waals surface area contributed by atoms with E-state index in [1.54, 1.807) is 7.05 Å². The minimum atomic E-state index is -0.0649. The van der Waals surface area contributed by atoms with Crippen molar-refractivity contribution in [1.82, 2.24) is 10.6 Å². The number of guanidine groups is 1. The summed E-state index contributed by atoms with van der Waals surface area (Å²) in [5, 5.41) is 9.37. The summed E-state index contributed by atoms with van der Waals surface area (Å²) in [6, 6.07) is 15.9. The largest absolute Gasteiger partial charge is 0.489 e. The van der Waals surface area contributed by atoms with Crippen LogP contribution >= 0.6 is 0 Å². The van der Waals surface area contributed by atoms with Crippen molar-refractivity contribution in [1.29, 1.82) is 0 Å². The minimum Gasteiger partial charge on any atom is -0.489 e. The fraction of sp³-hybridized carbons (Fsp3) is 0.364. The number of benzene rings is 2. The van der Waals surface area contributed by atoms with E-state index in [-0.39, 0.29) is 12.0 Å². The fourth-order valence-electron chi connectivity index (χ4n) is 2.69. The van der Waals surface area contributed by atoms with Crippen LogP contribution in [0.3, 0.4) is 0 Å². The van der Waals surface area contributed by atoms with Crippen LogP contribution in [0.2, 0.25) is 0 Å². The van der Waals surface area contributed by atoms with Crippen LogP contribution in [0, 0.1) is 6.92 Å². The molecule has 0 bridgehead atoms. The zero-order valence-electron chi connectivity index (χ0n) is 17.1. The second-order valence-corrected chi connectivity index (χ2v) is 6.70. The van der Waals surface area contributed by atoms with E-state index in [1.165, 1.54) is 12.5 Å². The molecule has 0 radical (unpaired) electrons. The lowest BCUT2D eigenvalue weighted by Crippen LogP contribution is -2.42. The Balaban J connectivity index is 1.72. The maximum absolute atomic E-state index is 11.1. The van der Waals surface area contributed by atoms with Gasteiger partial charge in [0.15, 0.2) is 5.96 Å². The Morgan fingerprint density at radius 3 is 2.46 bits per heavy atom. The van der Waals surface area contributed by atoms with Gasteiger partial charge in [-0.1, -0.05) is 30.3 Å². The molecular weight excluding hydrogens is 352 g/mol. The molecule has 150 valence electrons. The van der Waals surface area contributed by atoms with Gasteiger partial charge in [-0.3, -0.25) is 9.79 Å². The minimum absolute atomic E-state index is 0.0148. The Kier molecular flexibility index (Phi) is 8.34. The van der Waals surface area contributed by atoms with Gasteiger partial charge in [0.25, 0.3) is 0 Å². The standard InChI is InChI=1S/C22H30N4O2/c1-16-7-5-6-8-21(16)28-17(2)15-25-22(23-4)24-14-13-19-9-11-20(12-10-19)26-18(3)27/h5-12,17H,13-15H2,1-4H3,(H,26,27)(H2,23,24,25). The highest BCUT2D eigenvalue weighted by atomic mass is 16.5. The fourth-order valence-corrected chi connectivity index (χ4v) is 2.69. The SMILES string of the molecule is CN=C(NCCc1ccc(NC(C)=O)cc1)NCC(C)Oc1ccccc1C. The monoisotopic (exact) mass is 382 g/mol. The first-order chi connectivity index (χ1) is 13.5. The summed E-state index contributed by atoms with van der Waals surface area (Å²) in [5.41, 5.74) is 3.12. The van der Waals surface area contributed by atoms with Crippen molar-refractivity contribution in [2.45, 2.75) is 33.3 Å². The average molecular weight is 383 g/mol. The molecule has 1 unspecified atom stereocenters. The molecule has 28 heavy (non-hydrogen) atoms. The lowest BCUT2D eigenvalue weighted by atomic mass is 10.1. The number of ether oxygens (including phenoxy) is 1. The van der Waals surface area contributed by atoms with Crippen molar-refractivity contribution < 1.29 is 9.53 Å². The van der Waals surface area contributed by atoms with Crippen molar-refractivity contribution in [3.05, 3.63) is 59.7 Å². The number of aliphatic imine (C=N–C) groups is 1. The molecule has 0 heterocycles. The molecule has 1 amide bonds. The Morgan fingerprint density at radius 2 is 1.82 bits per heavy atom. The molecule has 0 aliphatic heterocycles. The van der Waals surface area contributed by atoms with E-state index in [2.05, 4.69) is 20.9 Å². The second-order valence-electron chi connectivity index (χ2n) is 6.70. The smallest absolute Gasteiger partial charge is 0.221 e. The van der Waals surface area contributed by atoms with Gasteiger partial charge in [0.05, 0.1) is 6.54 Å². The van der Waals surface area contributed by atoms with Crippen LogP contribution < -0.4 is 20.7 Å². The quantitative estimate of drug-likeness (QED) is 0.484. The van der Waals surface area contributed by atoms with Crippen molar-refractivity contribution in [2.24, 2.45) is 4.99 Å². The van der Waals surface area contributed by atoms with Gasteiger partial charge in [-0.15, -0.1) is 0 Å².